The van der Waals surface area contributed by atoms with Gasteiger partial charge in [-0.1, -0.05) is 6.07 Å². The molecular formula is C21H20FN5O2. The van der Waals surface area contributed by atoms with Crippen LogP contribution in [-0.4, -0.2) is 30.6 Å². The molecule has 0 spiro atoms. The van der Waals surface area contributed by atoms with Crippen molar-refractivity contribution >= 4 is 5.91 Å². The summed E-state index contributed by atoms with van der Waals surface area (Å²) < 4.78 is 16.1. The van der Waals surface area contributed by atoms with Crippen molar-refractivity contribution in [1.82, 2.24) is 24.6 Å². The minimum atomic E-state index is -0.360. The third kappa shape index (κ3) is 2.78. The number of benzene rings is 1. The van der Waals surface area contributed by atoms with E-state index in [9.17, 15) is 14.0 Å². The summed E-state index contributed by atoms with van der Waals surface area (Å²) in [6.07, 6.45) is 2.40. The molecule has 8 heteroatoms. The van der Waals surface area contributed by atoms with Gasteiger partial charge in [-0.3, -0.25) is 9.59 Å². The number of fused-ring (bicyclic) bond motifs is 2. The van der Waals surface area contributed by atoms with E-state index in [0.29, 0.717) is 28.5 Å². The second kappa shape index (κ2) is 6.37. The van der Waals surface area contributed by atoms with Crippen molar-refractivity contribution in [1.29, 1.82) is 0 Å². The fourth-order valence-corrected chi connectivity index (χ4v) is 4.28. The first kappa shape index (κ1) is 17.8. The Hall–Kier alpha value is -3.29. The first-order valence-corrected chi connectivity index (χ1v) is 9.67. The molecule has 0 saturated carbocycles. The standard InChI is InChI=1S/C21H20FN5O2/c1-11-6-7-18(15(22)8-11)27-17-5-3-4-13(17)19(25-27)21(29)26-9-14-16(10-26)23-12(2)24-20(14)28/h6-8H,3-5,9-10H2,1-2H3,(H,23,24,28). The molecule has 1 aliphatic heterocycles. The fourth-order valence-electron chi connectivity index (χ4n) is 4.28. The lowest BCUT2D eigenvalue weighted by Gasteiger charge is -2.14. The monoisotopic (exact) mass is 393 g/mol. The van der Waals surface area contributed by atoms with Gasteiger partial charge in [0.2, 0.25) is 0 Å². The SMILES string of the molecule is Cc1ccc(-n2nc(C(=O)N3Cc4nc(C)[nH]c(=O)c4C3)c3c2CCC3)c(F)c1. The second-order valence-electron chi connectivity index (χ2n) is 7.73. The highest BCUT2D eigenvalue weighted by atomic mass is 19.1. The van der Waals surface area contributed by atoms with Crippen molar-refractivity contribution in [3.8, 4) is 5.69 Å². The van der Waals surface area contributed by atoms with Gasteiger partial charge in [0.25, 0.3) is 11.5 Å². The van der Waals surface area contributed by atoms with E-state index in [4.69, 9.17) is 0 Å². The lowest BCUT2D eigenvalue weighted by molar-refractivity contribution is 0.0742. The van der Waals surface area contributed by atoms with Gasteiger partial charge in [-0.15, -0.1) is 0 Å². The van der Waals surface area contributed by atoms with Crippen LogP contribution in [0.5, 0.6) is 0 Å². The number of hydrogen-bond donors (Lipinski definition) is 1. The van der Waals surface area contributed by atoms with Gasteiger partial charge in [0.15, 0.2) is 5.69 Å². The molecule has 0 fully saturated rings. The zero-order chi connectivity index (χ0) is 20.3. The Morgan fingerprint density at radius 2 is 2.00 bits per heavy atom. The Bertz CT molecular complexity index is 1230. The minimum Gasteiger partial charge on any atom is -0.327 e. The van der Waals surface area contributed by atoms with E-state index in [1.165, 1.54) is 6.07 Å². The average Bonchev–Trinajstić information content (AvgIpc) is 3.36. The van der Waals surface area contributed by atoms with E-state index in [0.717, 1.165) is 36.1 Å². The Labute approximate surface area is 166 Å². The van der Waals surface area contributed by atoms with Crippen molar-refractivity contribution in [3.05, 3.63) is 74.0 Å². The number of aryl methyl sites for hydroxylation is 2. The molecule has 7 nitrogen and oxygen atoms in total. The zero-order valence-electron chi connectivity index (χ0n) is 16.3. The number of aromatic nitrogens is 4. The second-order valence-corrected chi connectivity index (χ2v) is 7.73. The maximum Gasteiger partial charge on any atom is 0.275 e. The van der Waals surface area contributed by atoms with Crippen LogP contribution in [0.15, 0.2) is 23.0 Å². The van der Waals surface area contributed by atoms with Crippen LogP contribution < -0.4 is 5.56 Å². The summed E-state index contributed by atoms with van der Waals surface area (Å²) in [6, 6.07) is 5.00. The zero-order valence-corrected chi connectivity index (χ0v) is 16.3. The summed E-state index contributed by atoms with van der Waals surface area (Å²) in [7, 11) is 0. The predicted molar refractivity (Wildman–Crippen MR) is 103 cm³/mol. The fraction of sp³-hybridized carbons (Fsp3) is 0.333. The summed E-state index contributed by atoms with van der Waals surface area (Å²) in [5, 5.41) is 4.52. The van der Waals surface area contributed by atoms with Crippen molar-refractivity contribution < 1.29 is 9.18 Å². The summed E-state index contributed by atoms with van der Waals surface area (Å²) in [5.74, 6) is -0.0754. The average molecular weight is 393 g/mol. The van der Waals surface area contributed by atoms with Gasteiger partial charge in [-0.05, 0) is 50.8 Å². The molecule has 2 aliphatic rings. The Morgan fingerprint density at radius 1 is 1.17 bits per heavy atom. The maximum atomic E-state index is 14.6. The molecule has 1 aromatic carbocycles. The third-order valence-electron chi connectivity index (χ3n) is 5.66. The van der Waals surface area contributed by atoms with Crippen LogP contribution >= 0.6 is 0 Å². The summed E-state index contributed by atoms with van der Waals surface area (Å²) in [6.45, 7) is 4.03. The summed E-state index contributed by atoms with van der Waals surface area (Å²) >= 11 is 0. The van der Waals surface area contributed by atoms with E-state index >= 15 is 0 Å². The predicted octanol–water partition coefficient (Wildman–Crippen LogP) is 2.36. The molecule has 0 radical (unpaired) electrons. The van der Waals surface area contributed by atoms with Crippen molar-refractivity contribution in [3.63, 3.8) is 0 Å². The molecule has 0 unspecified atom stereocenters. The molecule has 148 valence electrons. The van der Waals surface area contributed by atoms with Crippen LogP contribution in [0.3, 0.4) is 0 Å². The number of carbonyl (C=O) groups excluding carboxylic acids is 1. The van der Waals surface area contributed by atoms with Gasteiger partial charge in [-0.25, -0.2) is 14.1 Å². The Kier molecular flexibility index (Phi) is 3.90. The molecule has 3 aromatic rings. The lowest BCUT2D eigenvalue weighted by atomic mass is 10.2. The van der Waals surface area contributed by atoms with Crippen molar-refractivity contribution in [2.75, 3.05) is 0 Å². The number of H-pyrrole nitrogens is 1. The minimum absolute atomic E-state index is 0.206. The van der Waals surface area contributed by atoms with Crippen LogP contribution in [0, 0.1) is 19.7 Å². The molecular weight excluding hydrogens is 373 g/mol. The van der Waals surface area contributed by atoms with Gasteiger partial charge < -0.3 is 9.88 Å². The first-order chi connectivity index (χ1) is 13.9. The highest BCUT2D eigenvalue weighted by Crippen LogP contribution is 2.31. The van der Waals surface area contributed by atoms with Gasteiger partial charge in [0.05, 0.1) is 24.3 Å². The number of carbonyl (C=O) groups is 1. The van der Waals surface area contributed by atoms with Gasteiger partial charge in [0.1, 0.15) is 17.3 Å². The summed E-state index contributed by atoms with van der Waals surface area (Å²) in [4.78, 5) is 34.1. The van der Waals surface area contributed by atoms with E-state index < -0.39 is 0 Å². The lowest BCUT2D eigenvalue weighted by Crippen LogP contribution is -2.27. The van der Waals surface area contributed by atoms with Crippen LogP contribution in [-0.2, 0) is 25.9 Å². The van der Waals surface area contributed by atoms with Crippen LogP contribution in [0.25, 0.3) is 5.69 Å². The number of amides is 1. The number of hydrogen-bond acceptors (Lipinski definition) is 4. The number of aromatic amines is 1. The Morgan fingerprint density at radius 3 is 2.79 bits per heavy atom. The molecule has 1 N–H and O–H groups in total. The van der Waals surface area contributed by atoms with Gasteiger partial charge in [-0.2, -0.15) is 5.10 Å². The number of nitrogens with zero attached hydrogens (tertiary/aromatic N) is 4. The van der Waals surface area contributed by atoms with Crippen LogP contribution in [0.4, 0.5) is 4.39 Å². The van der Waals surface area contributed by atoms with Gasteiger partial charge >= 0.3 is 0 Å². The molecule has 0 bridgehead atoms. The molecule has 1 amide bonds. The van der Waals surface area contributed by atoms with Crippen LogP contribution in [0.1, 0.15) is 50.8 Å². The highest BCUT2D eigenvalue weighted by molar-refractivity contribution is 5.94. The molecule has 0 saturated heterocycles. The smallest absolute Gasteiger partial charge is 0.275 e. The van der Waals surface area contributed by atoms with Crippen LogP contribution in [0.2, 0.25) is 0 Å². The molecule has 3 heterocycles. The molecule has 1 aliphatic carbocycles. The number of rotatable bonds is 2. The quantitative estimate of drug-likeness (QED) is 0.724. The van der Waals surface area contributed by atoms with E-state index in [2.05, 4.69) is 15.1 Å². The number of halogens is 1. The van der Waals surface area contributed by atoms with Crippen molar-refractivity contribution in [2.24, 2.45) is 0 Å². The highest BCUT2D eigenvalue weighted by Gasteiger charge is 2.34. The molecule has 29 heavy (non-hydrogen) atoms. The Balaban J connectivity index is 1.53. The first-order valence-electron chi connectivity index (χ1n) is 9.67. The van der Waals surface area contributed by atoms with Crippen molar-refractivity contribution in [2.45, 2.75) is 46.2 Å². The summed E-state index contributed by atoms with van der Waals surface area (Å²) in [5.41, 5.74) is 4.23. The van der Waals surface area contributed by atoms with E-state index in [-0.39, 0.29) is 30.4 Å². The topological polar surface area (TPSA) is 83.9 Å². The molecule has 5 rings (SSSR count). The normalized spacial score (nSPS) is 14.9. The third-order valence-corrected chi connectivity index (χ3v) is 5.66. The largest absolute Gasteiger partial charge is 0.327 e. The van der Waals surface area contributed by atoms with E-state index in [1.54, 1.807) is 22.6 Å². The maximum absolute atomic E-state index is 14.6. The number of nitrogens with one attached hydrogen (secondary N) is 1. The molecule has 0 atom stereocenters. The molecule has 2 aromatic heterocycles. The van der Waals surface area contributed by atoms with Gasteiger partial charge in [0, 0.05) is 11.3 Å². The van der Waals surface area contributed by atoms with E-state index in [1.807, 2.05) is 13.0 Å².